The maximum Gasteiger partial charge on any atom is 0.234 e. The molecule has 0 radical (unpaired) electrons. The summed E-state index contributed by atoms with van der Waals surface area (Å²) in [5, 5.41) is 12.0. The van der Waals surface area contributed by atoms with Crippen molar-refractivity contribution in [2.24, 2.45) is 0 Å². The number of para-hydroxylation sites is 1. The van der Waals surface area contributed by atoms with Crippen molar-refractivity contribution in [2.75, 3.05) is 11.1 Å². The summed E-state index contributed by atoms with van der Waals surface area (Å²) >= 11 is 1.29. The molecule has 0 atom stereocenters. The number of nitrogens with one attached hydrogen (secondary N) is 1. The molecule has 0 bridgehead atoms. The Bertz CT molecular complexity index is 1100. The number of aromatic nitrogens is 3. The van der Waals surface area contributed by atoms with Crippen LogP contribution in [0.1, 0.15) is 0 Å². The van der Waals surface area contributed by atoms with Crippen molar-refractivity contribution in [3.05, 3.63) is 90.7 Å². The van der Waals surface area contributed by atoms with Crippen LogP contribution in [0.5, 0.6) is 0 Å². The number of carbonyl (C=O) groups excluding carboxylic acids is 1. The Morgan fingerprint density at radius 2 is 1.55 bits per heavy atom. The highest BCUT2D eigenvalue weighted by Gasteiger charge is 2.17. The molecule has 0 aliphatic rings. The standard InChI is InChI=1S/C22H17FN4OS/c23-17-11-13-18(14-12-17)24-20(28)15-29-22-26-25-21(16-7-3-1-4-8-16)27(22)19-9-5-2-6-10-19/h1-14H,15H2,(H,24,28). The molecule has 1 amide bonds. The Hall–Kier alpha value is -3.45. The second-order valence-corrected chi connectivity index (χ2v) is 7.13. The Morgan fingerprint density at radius 3 is 2.24 bits per heavy atom. The molecule has 4 aromatic rings. The summed E-state index contributed by atoms with van der Waals surface area (Å²) in [5.74, 6) is 0.308. The van der Waals surface area contributed by atoms with Gasteiger partial charge in [0.25, 0.3) is 0 Å². The molecule has 5 nitrogen and oxygen atoms in total. The Balaban J connectivity index is 1.56. The normalized spacial score (nSPS) is 10.7. The van der Waals surface area contributed by atoms with Gasteiger partial charge in [-0.2, -0.15) is 0 Å². The summed E-state index contributed by atoms with van der Waals surface area (Å²) in [6.45, 7) is 0. The van der Waals surface area contributed by atoms with Crippen molar-refractivity contribution in [3.63, 3.8) is 0 Å². The summed E-state index contributed by atoms with van der Waals surface area (Å²) in [4.78, 5) is 12.3. The van der Waals surface area contributed by atoms with Crippen LogP contribution in [0, 0.1) is 5.82 Å². The fraction of sp³-hybridized carbons (Fsp3) is 0.0455. The van der Waals surface area contributed by atoms with E-state index in [0.717, 1.165) is 11.3 Å². The molecule has 7 heteroatoms. The summed E-state index contributed by atoms with van der Waals surface area (Å²) in [7, 11) is 0. The molecule has 1 heterocycles. The molecule has 29 heavy (non-hydrogen) atoms. The van der Waals surface area contributed by atoms with E-state index in [9.17, 15) is 9.18 Å². The first-order valence-electron chi connectivity index (χ1n) is 8.95. The number of carbonyl (C=O) groups is 1. The van der Waals surface area contributed by atoms with Crippen molar-refractivity contribution in [3.8, 4) is 17.1 Å². The highest BCUT2D eigenvalue weighted by atomic mass is 32.2. The molecule has 0 unspecified atom stereocenters. The van der Waals surface area contributed by atoms with Gasteiger partial charge < -0.3 is 5.32 Å². The SMILES string of the molecule is O=C(CSc1nnc(-c2ccccc2)n1-c1ccccc1)Nc1ccc(F)cc1. The Morgan fingerprint density at radius 1 is 0.897 bits per heavy atom. The molecule has 0 fully saturated rings. The molecular formula is C22H17FN4OS. The van der Waals surface area contributed by atoms with E-state index < -0.39 is 0 Å². The summed E-state index contributed by atoms with van der Waals surface area (Å²) < 4.78 is 14.9. The van der Waals surface area contributed by atoms with Crippen LogP contribution in [-0.2, 0) is 4.79 Å². The first-order valence-corrected chi connectivity index (χ1v) is 9.94. The van der Waals surface area contributed by atoms with E-state index in [1.165, 1.54) is 36.0 Å². The summed E-state index contributed by atoms with van der Waals surface area (Å²) in [6.07, 6.45) is 0. The molecule has 0 spiro atoms. The maximum atomic E-state index is 13.0. The molecule has 0 saturated carbocycles. The number of rotatable bonds is 6. The van der Waals surface area contributed by atoms with Gasteiger partial charge in [-0.1, -0.05) is 60.3 Å². The lowest BCUT2D eigenvalue weighted by molar-refractivity contribution is -0.113. The zero-order valence-electron chi connectivity index (χ0n) is 15.3. The van der Waals surface area contributed by atoms with Gasteiger partial charge in [0.2, 0.25) is 5.91 Å². The lowest BCUT2D eigenvalue weighted by atomic mass is 10.2. The molecule has 4 rings (SSSR count). The zero-order valence-corrected chi connectivity index (χ0v) is 16.1. The molecule has 0 saturated heterocycles. The van der Waals surface area contributed by atoms with Gasteiger partial charge in [0.05, 0.1) is 5.75 Å². The number of nitrogens with zero attached hydrogens (tertiary/aromatic N) is 3. The third-order valence-electron chi connectivity index (χ3n) is 4.14. The lowest BCUT2D eigenvalue weighted by Crippen LogP contribution is -2.14. The van der Waals surface area contributed by atoms with Gasteiger partial charge in [0.1, 0.15) is 5.82 Å². The minimum Gasteiger partial charge on any atom is -0.325 e. The second kappa shape index (κ2) is 8.70. The minimum absolute atomic E-state index is 0.150. The number of thioether (sulfide) groups is 1. The number of amides is 1. The highest BCUT2D eigenvalue weighted by molar-refractivity contribution is 7.99. The summed E-state index contributed by atoms with van der Waals surface area (Å²) in [5.41, 5.74) is 2.40. The Kier molecular flexibility index (Phi) is 5.67. The van der Waals surface area contributed by atoms with Gasteiger partial charge in [0, 0.05) is 16.9 Å². The fourth-order valence-electron chi connectivity index (χ4n) is 2.81. The predicted octanol–water partition coefficient (Wildman–Crippen LogP) is 4.80. The maximum absolute atomic E-state index is 13.0. The average molecular weight is 404 g/mol. The van der Waals surface area contributed by atoms with E-state index in [-0.39, 0.29) is 17.5 Å². The number of benzene rings is 3. The topological polar surface area (TPSA) is 59.8 Å². The smallest absolute Gasteiger partial charge is 0.234 e. The molecule has 1 aromatic heterocycles. The average Bonchev–Trinajstić information content (AvgIpc) is 3.19. The van der Waals surface area contributed by atoms with E-state index in [4.69, 9.17) is 0 Å². The third kappa shape index (κ3) is 4.52. The molecule has 144 valence electrons. The van der Waals surface area contributed by atoms with Crippen LogP contribution in [0.4, 0.5) is 10.1 Å². The lowest BCUT2D eigenvalue weighted by Gasteiger charge is -2.10. The number of anilines is 1. The third-order valence-corrected chi connectivity index (χ3v) is 5.07. The van der Waals surface area contributed by atoms with Crippen molar-refractivity contribution in [1.82, 2.24) is 14.8 Å². The van der Waals surface area contributed by atoms with Crippen LogP contribution >= 0.6 is 11.8 Å². The van der Waals surface area contributed by atoms with Gasteiger partial charge in [-0.15, -0.1) is 10.2 Å². The number of hydrogen-bond donors (Lipinski definition) is 1. The fourth-order valence-corrected chi connectivity index (χ4v) is 3.56. The van der Waals surface area contributed by atoms with Crippen LogP contribution in [-0.4, -0.2) is 26.4 Å². The van der Waals surface area contributed by atoms with E-state index in [2.05, 4.69) is 15.5 Å². The quantitative estimate of drug-likeness (QED) is 0.469. The van der Waals surface area contributed by atoms with Gasteiger partial charge in [-0.3, -0.25) is 9.36 Å². The predicted molar refractivity (Wildman–Crippen MR) is 113 cm³/mol. The second-order valence-electron chi connectivity index (χ2n) is 6.19. The van der Waals surface area contributed by atoms with Crippen LogP contribution in [0.25, 0.3) is 17.1 Å². The van der Waals surface area contributed by atoms with E-state index in [0.29, 0.717) is 16.7 Å². The van der Waals surface area contributed by atoms with Crippen molar-refractivity contribution >= 4 is 23.4 Å². The van der Waals surface area contributed by atoms with Crippen molar-refractivity contribution in [2.45, 2.75) is 5.16 Å². The number of hydrogen-bond acceptors (Lipinski definition) is 4. The van der Waals surface area contributed by atoms with E-state index >= 15 is 0 Å². The van der Waals surface area contributed by atoms with Crippen LogP contribution in [0.2, 0.25) is 0 Å². The van der Waals surface area contributed by atoms with Crippen LogP contribution in [0.3, 0.4) is 0 Å². The first kappa shape index (κ1) is 18.9. The summed E-state index contributed by atoms with van der Waals surface area (Å²) in [6, 6.07) is 25.2. The van der Waals surface area contributed by atoms with Gasteiger partial charge in [-0.05, 0) is 36.4 Å². The monoisotopic (exact) mass is 404 g/mol. The number of halogens is 1. The molecule has 0 aliphatic carbocycles. The van der Waals surface area contributed by atoms with Crippen molar-refractivity contribution in [1.29, 1.82) is 0 Å². The largest absolute Gasteiger partial charge is 0.325 e. The van der Waals surface area contributed by atoms with Crippen molar-refractivity contribution < 1.29 is 9.18 Å². The zero-order chi connectivity index (χ0) is 20.1. The molecular weight excluding hydrogens is 387 g/mol. The van der Waals surface area contributed by atoms with E-state index in [1.807, 2.05) is 65.2 Å². The van der Waals surface area contributed by atoms with E-state index in [1.54, 1.807) is 0 Å². The minimum atomic E-state index is -0.346. The first-order chi connectivity index (χ1) is 14.2. The van der Waals surface area contributed by atoms with Gasteiger partial charge in [-0.25, -0.2) is 4.39 Å². The molecule has 0 aliphatic heterocycles. The highest BCUT2D eigenvalue weighted by Crippen LogP contribution is 2.27. The van der Waals surface area contributed by atoms with Crippen LogP contribution in [0.15, 0.2) is 90.1 Å². The Labute approximate surface area is 171 Å². The van der Waals surface area contributed by atoms with Gasteiger partial charge >= 0.3 is 0 Å². The molecule has 1 N–H and O–H groups in total. The van der Waals surface area contributed by atoms with Crippen LogP contribution < -0.4 is 5.32 Å². The van der Waals surface area contributed by atoms with Gasteiger partial charge in [0.15, 0.2) is 11.0 Å². The molecule has 3 aromatic carbocycles.